The normalized spacial score (nSPS) is 9.77. The molecule has 2 aromatic carbocycles. The Labute approximate surface area is 150 Å². The summed E-state index contributed by atoms with van der Waals surface area (Å²) < 4.78 is 5.05. The number of anilines is 2. The lowest BCUT2D eigenvalue weighted by atomic mass is 10.2. The number of benzene rings is 2. The van der Waals surface area contributed by atoms with Crippen LogP contribution in [-0.2, 0) is 9.59 Å². The van der Waals surface area contributed by atoms with Gasteiger partial charge in [-0.15, -0.1) is 0 Å². The minimum absolute atomic E-state index is 0.0153. The molecule has 0 aliphatic heterocycles. The Bertz CT molecular complexity index is 790. The third-order valence-corrected chi connectivity index (χ3v) is 3.30. The van der Waals surface area contributed by atoms with Crippen molar-refractivity contribution in [1.82, 2.24) is 10.9 Å². The molecular formula is C18H20N4O4. The van der Waals surface area contributed by atoms with E-state index in [9.17, 15) is 14.4 Å². The zero-order chi connectivity index (χ0) is 18.9. The highest BCUT2D eigenvalue weighted by molar-refractivity contribution is 5.97. The molecule has 0 aromatic heterocycles. The highest BCUT2D eigenvalue weighted by Crippen LogP contribution is 2.14. The summed E-state index contributed by atoms with van der Waals surface area (Å²) in [6, 6.07) is 13.5. The predicted molar refractivity (Wildman–Crippen MR) is 97.8 cm³/mol. The molecule has 0 spiro atoms. The first kappa shape index (κ1) is 18.8. The first-order valence-electron chi connectivity index (χ1n) is 7.82. The van der Waals surface area contributed by atoms with Crippen LogP contribution in [0.5, 0.6) is 5.75 Å². The summed E-state index contributed by atoms with van der Waals surface area (Å²) in [5.41, 5.74) is 6.19. The van der Waals surface area contributed by atoms with E-state index in [-0.39, 0.29) is 12.5 Å². The van der Waals surface area contributed by atoms with E-state index in [1.54, 1.807) is 49.6 Å². The zero-order valence-electron chi connectivity index (χ0n) is 14.5. The van der Waals surface area contributed by atoms with Crippen molar-refractivity contribution in [2.75, 3.05) is 24.3 Å². The molecule has 8 nitrogen and oxygen atoms in total. The molecule has 0 saturated carbocycles. The minimum Gasteiger partial charge on any atom is -0.497 e. The Morgan fingerprint density at radius 1 is 0.962 bits per heavy atom. The second kappa shape index (κ2) is 9.07. The van der Waals surface area contributed by atoms with Crippen molar-refractivity contribution in [3.8, 4) is 5.75 Å². The fourth-order valence-electron chi connectivity index (χ4n) is 2.08. The van der Waals surface area contributed by atoms with Gasteiger partial charge in [-0.1, -0.05) is 6.07 Å². The molecule has 0 aliphatic rings. The second-order valence-electron chi connectivity index (χ2n) is 5.35. The van der Waals surface area contributed by atoms with Gasteiger partial charge in [0.05, 0.1) is 13.7 Å². The van der Waals surface area contributed by atoms with Crippen molar-refractivity contribution in [3.05, 3.63) is 54.1 Å². The molecule has 2 aromatic rings. The van der Waals surface area contributed by atoms with Crippen molar-refractivity contribution in [3.63, 3.8) is 0 Å². The minimum atomic E-state index is -0.491. The lowest BCUT2D eigenvalue weighted by Gasteiger charge is -2.10. The van der Waals surface area contributed by atoms with E-state index in [1.165, 1.54) is 13.0 Å². The lowest BCUT2D eigenvalue weighted by molar-refractivity contribution is -0.120. The molecule has 0 fully saturated rings. The van der Waals surface area contributed by atoms with E-state index in [4.69, 9.17) is 4.74 Å². The monoisotopic (exact) mass is 356 g/mol. The smallest absolute Gasteiger partial charge is 0.269 e. The number of methoxy groups -OCH3 is 1. The standard InChI is InChI=1S/C18H20N4O4/c1-12(23)20-15-5-3-4-13(10-15)18(25)22-21-17(24)11-19-14-6-8-16(26-2)9-7-14/h3-10,19H,11H2,1-2H3,(H,20,23)(H,21,24)(H,22,25). The number of carbonyl (C=O) groups excluding carboxylic acids is 3. The topological polar surface area (TPSA) is 109 Å². The van der Waals surface area contributed by atoms with E-state index in [0.29, 0.717) is 17.0 Å². The van der Waals surface area contributed by atoms with Crippen LogP contribution in [0.4, 0.5) is 11.4 Å². The van der Waals surface area contributed by atoms with Gasteiger partial charge in [-0.3, -0.25) is 25.2 Å². The number of nitrogens with one attached hydrogen (secondary N) is 4. The van der Waals surface area contributed by atoms with Crippen LogP contribution >= 0.6 is 0 Å². The van der Waals surface area contributed by atoms with Crippen LogP contribution in [0.2, 0.25) is 0 Å². The average molecular weight is 356 g/mol. The largest absolute Gasteiger partial charge is 0.497 e. The number of amides is 3. The van der Waals surface area contributed by atoms with E-state index in [2.05, 4.69) is 21.5 Å². The average Bonchev–Trinajstić information content (AvgIpc) is 2.64. The maximum absolute atomic E-state index is 12.1. The number of ether oxygens (including phenoxy) is 1. The van der Waals surface area contributed by atoms with Gasteiger partial charge in [0, 0.05) is 23.9 Å². The number of hydrogen-bond donors (Lipinski definition) is 4. The fourth-order valence-corrected chi connectivity index (χ4v) is 2.08. The van der Waals surface area contributed by atoms with Gasteiger partial charge in [-0.25, -0.2) is 0 Å². The van der Waals surface area contributed by atoms with Gasteiger partial charge in [0.25, 0.3) is 11.8 Å². The molecule has 0 aliphatic carbocycles. The highest BCUT2D eigenvalue weighted by Gasteiger charge is 2.08. The summed E-state index contributed by atoms with van der Waals surface area (Å²) in [5, 5.41) is 5.51. The van der Waals surface area contributed by atoms with Crippen LogP contribution in [0.1, 0.15) is 17.3 Å². The Morgan fingerprint density at radius 2 is 1.69 bits per heavy atom. The summed E-state index contributed by atoms with van der Waals surface area (Å²) in [6.45, 7) is 1.36. The SMILES string of the molecule is COc1ccc(NCC(=O)NNC(=O)c2cccc(NC(C)=O)c2)cc1. The maximum atomic E-state index is 12.1. The van der Waals surface area contributed by atoms with Crippen molar-refractivity contribution >= 4 is 29.1 Å². The third kappa shape index (κ3) is 5.82. The number of hydrogen-bond acceptors (Lipinski definition) is 5. The van der Waals surface area contributed by atoms with Crippen LogP contribution in [-0.4, -0.2) is 31.4 Å². The van der Waals surface area contributed by atoms with Gasteiger partial charge in [-0.05, 0) is 42.5 Å². The van der Waals surface area contributed by atoms with Gasteiger partial charge in [-0.2, -0.15) is 0 Å². The molecule has 4 N–H and O–H groups in total. The summed E-state index contributed by atoms with van der Waals surface area (Å²) in [4.78, 5) is 34.9. The molecule has 2 rings (SSSR count). The van der Waals surface area contributed by atoms with Gasteiger partial charge in [0.15, 0.2) is 0 Å². The third-order valence-electron chi connectivity index (χ3n) is 3.30. The van der Waals surface area contributed by atoms with Gasteiger partial charge in [0.1, 0.15) is 5.75 Å². The fraction of sp³-hybridized carbons (Fsp3) is 0.167. The molecule has 0 heterocycles. The number of hydrazine groups is 1. The number of rotatable bonds is 6. The van der Waals surface area contributed by atoms with E-state index in [1.807, 2.05) is 0 Å². The molecule has 0 unspecified atom stereocenters. The predicted octanol–water partition coefficient (Wildman–Crippen LogP) is 1.53. The highest BCUT2D eigenvalue weighted by atomic mass is 16.5. The van der Waals surface area contributed by atoms with Gasteiger partial charge in [0.2, 0.25) is 5.91 Å². The Balaban J connectivity index is 1.80. The van der Waals surface area contributed by atoms with Crippen LogP contribution in [0.25, 0.3) is 0 Å². The molecule has 26 heavy (non-hydrogen) atoms. The van der Waals surface area contributed by atoms with Crippen LogP contribution in [0, 0.1) is 0 Å². The molecule has 0 saturated heterocycles. The molecule has 136 valence electrons. The molecule has 0 atom stereocenters. The van der Waals surface area contributed by atoms with E-state index >= 15 is 0 Å². The maximum Gasteiger partial charge on any atom is 0.269 e. The first-order chi connectivity index (χ1) is 12.5. The Hall–Kier alpha value is -3.55. The summed E-state index contributed by atoms with van der Waals surface area (Å²) in [5.74, 6) is -0.420. The quantitative estimate of drug-likeness (QED) is 0.587. The molecule has 0 radical (unpaired) electrons. The van der Waals surface area contributed by atoms with Crippen molar-refractivity contribution < 1.29 is 19.1 Å². The lowest BCUT2D eigenvalue weighted by Crippen LogP contribution is -2.44. The van der Waals surface area contributed by atoms with Crippen LogP contribution in [0.3, 0.4) is 0 Å². The molecular weight excluding hydrogens is 336 g/mol. The summed E-state index contributed by atoms with van der Waals surface area (Å²) >= 11 is 0. The second-order valence-corrected chi connectivity index (χ2v) is 5.35. The van der Waals surface area contributed by atoms with E-state index < -0.39 is 11.8 Å². The zero-order valence-corrected chi connectivity index (χ0v) is 14.5. The van der Waals surface area contributed by atoms with Crippen molar-refractivity contribution in [1.29, 1.82) is 0 Å². The Kier molecular flexibility index (Phi) is 6.55. The molecule has 0 bridgehead atoms. The van der Waals surface area contributed by atoms with Crippen molar-refractivity contribution in [2.45, 2.75) is 6.92 Å². The summed E-state index contributed by atoms with van der Waals surface area (Å²) in [6.07, 6.45) is 0. The van der Waals surface area contributed by atoms with Crippen LogP contribution < -0.4 is 26.2 Å². The summed E-state index contributed by atoms with van der Waals surface area (Å²) in [7, 11) is 1.57. The molecule has 8 heteroatoms. The van der Waals surface area contributed by atoms with Crippen LogP contribution in [0.15, 0.2) is 48.5 Å². The van der Waals surface area contributed by atoms with E-state index in [0.717, 1.165) is 5.69 Å². The Morgan fingerprint density at radius 3 is 2.35 bits per heavy atom. The van der Waals surface area contributed by atoms with Gasteiger partial charge < -0.3 is 15.4 Å². The van der Waals surface area contributed by atoms with Crippen molar-refractivity contribution in [2.24, 2.45) is 0 Å². The van der Waals surface area contributed by atoms with Gasteiger partial charge >= 0.3 is 0 Å². The number of carbonyl (C=O) groups is 3. The molecule has 3 amide bonds. The first-order valence-corrected chi connectivity index (χ1v) is 7.82.